The van der Waals surface area contributed by atoms with E-state index in [0.717, 1.165) is 10.4 Å². The maximum Gasteiger partial charge on any atom is 0.314 e. The molecule has 3 rings (SSSR count). The molecule has 0 N–H and O–H groups in total. The molecule has 0 amide bonds. The number of benzene rings is 1. The van der Waals surface area contributed by atoms with Gasteiger partial charge in [0.05, 0.1) is 11.8 Å². The molecule has 2 heterocycles. The van der Waals surface area contributed by atoms with Crippen LogP contribution in [0.2, 0.25) is 0 Å². The van der Waals surface area contributed by atoms with E-state index in [0.29, 0.717) is 0 Å². The number of thiophene rings is 1. The molecule has 2 aromatic rings. The summed E-state index contributed by atoms with van der Waals surface area (Å²) >= 11 is 1.65. The molecule has 21 heavy (non-hydrogen) atoms. The Kier molecular flexibility index (Phi) is 3.36. The molecule has 2 atom stereocenters. The highest BCUT2D eigenvalue weighted by Gasteiger charge is 2.51. The molecular weight excluding hydrogens is 287 g/mol. The summed E-state index contributed by atoms with van der Waals surface area (Å²) in [5.41, 5.74) is 1.43. The molecule has 2 nitrogen and oxygen atoms in total. The Morgan fingerprint density at radius 2 is 1.90 bits per heavy atom. The van der Waals surface area contributed by atoms with E-state index in [9.17, 15) is 9.18 Å². The van der Waals surface area contributed by atoms with E-state index < -0.39 is 5.60 Å². The van der Waals surface area contributed by atoms with Gasteiger partial charge in [-0.3, -0.25) is 4.79 Å². The van der Waals surface area contributed by atoms with E-state index in [4.69, 9.17) is 4.74 Å². The van der Waals surface area contributed by atoms with Crippen molar-refractivity contribution < 1.29 is 13.9 Å². The van der Waals surface area contributed by atoms with Crippen LogP contribution in [0.4, 0.5) is 4.39 Å². The van der Waals surface area contributed by atoms with Gasteiger partial charge in [0, 0.05) is 4.88 Å². The second kappa shape index (κ2) is 4.95. The molecule has 1 aliphatic rings. The Balaban J connectivity index is 2.07. The Labute approximate surface area is 127 Å². The van der Waals surface area contributed by atoms with Crippen LogP contribution in [-0.2, 0) is 9.53 Å². The van der Waals surface area contributed by atoms with E-state index in [1.54, 1.807) is 23.5 Å². The van der Waals surface area contributed by atoms with Crippen LogP contribution in [0.5, 0.6) is 0 Å². The minimum absolute atomic E-state index is 0.0471. The lowest BCUT2D eigenvalue weighted by Gasteiger charge is -2.26. The summed E-state index contributed by atoms with van der Waals surface area (Å²) in [6, 6.07) is 8.25. The molecule has 1 fully saturated rings. The second-order valence-electron chi connectivity index (χ2n) is 6.06. The Morgan fingerprint density at radius 1 is 1.24 bits per heavy atom. The van der Waals surface area contributed by atoms with Gasteiger partial charge in [0.1, 0.15) is 11.4 Å². The number of aryl methyl sites for hydroxylation is 1. The minimum Gasteiger partial charge on any atom is -0.458 e. The lowest BCUT2D eigenvalue weighted by Crippen LogP contribution is -2.26. The van der Waals surface area contributed by atoms with Crippen molar-refractivity contribution >= 4 is 17.3 Å². The molecule has 0 spiro atoms. The van der Waals surface area contributed by atoms with E-state index in [2.05, 4.69) is 11.4 Å². The molecule has 0 aliphatic carbocycles. The molecular formula is C17H17FO2S. The van der Waals surface area contributed by atoms with Gasteiger partial charge in [-0.2, -0.15) is 0 Å². The Morgan fingerprint density at radius 3 is 2.48 bits per heavy atom. The van der Waals surface area contributed by atoms with Crippen LogP contribution < -0.4 is 0 Å². The zero-order valence-corrected chi connectivity index (χ0v) is 13.0. The first-order valence-electron chi connectivity index (χ1n) is 6.92. The predicted octanol–water partition coefficient (Wildman–Crippen LogP) is 4.40. The smallest absolute Gasteiger partial charge is 0.314 e. The highest BCUT2D eigenvalue weighted by Crippen LogP contribution is 2.50. The summed E-state index contributed by atoms with van der Waals surface area (Å²) < 4.78 is 18.7. The van der Waals surface area contributed by atoms with Gasteiger partial charge in [0.15, 0.2) is 0 Å². The van der Waals surface area contributed by atoms with Gasteiger partial charge in [-0.25, -0.2) is 4.39 Å². The standard InChI is InChI=1S/C17H17FO2S/c1-10-8-13(21-9-10)15-14(16(19)20-17(15,2)3)11-4-6-12(18)7-5-11/h4-9,14-15H,1-3H3. The highest BCUT2D eigenvalue weighted by atomic mass is 32.1. The summed E-state index contributed by atoms with van der Waals surface area (Å²) in [5, 5.41) is 2.08. The number of cyclic esters (lactones) is 1. The van der Waals surface area contributed by atoms with E-state index in [-0.39, 0.29) is 23.6 Å². The van der Waals surface area contributed by atoms with E-state index in [1.807, 2.05) is 20.8 Å². The fourth-order valence-electron chi connectivity index (χ4n) is 3.05. The van der Waals surface area contributed by atoms with Crippen molar-refractivity contribution in [2.75, 3.05) is 0 Å². The first kappa shape index (κ1) is 14.3. The Hall–Kier alpha value is -1.68. The van der Waals surface area contributed by atoms with Gasteiger partial charge in [-0.05, 0) is 55.5 Å². The van der Waals surface area contributed by atoms with Crippen molar-refractivity contribution in [1.29, 1.82) is 0 Å². The van der Waals surface area contributed by atoms with Crippen LogP contribution in [0.1, 0.15) is 41.7 Å². The van der Waals surface area contributed by atoms with Gasteiger partial charge in [-0.1, -0.05) is 12.1 Å². The lowest BCUT2D eigenvalue weighted by atomic mass is 9.78. The molecule has 1 saturated heterocycles. The Bertz CT molecular complexity index is 672. The molecule has 0 bridgehead atoms. The summed E-state index contributed by atoms with van der Waals surface area (Å²) in [6.07, 6.45) is 0. The van der Waals surface area contributed by atoms with Crippen LogP contribution in [-0.4, -0.2) is 11.6 Å². The van der Waals surface area contributed by atoms with Crippen molar-refractivity contribution in [2.24, 2.45) is 0 Å². The number of rotatable bonds is 2. The molecule has 0 radical (unpaired) electrons. The zero-order chi connectivity index (χ0) is 15.2. The maximum atomic E-state index is 13.1. The van der Waals surface area contributed by atoms with E-state index in [1.165, 1.54) is 17.7 Å². The first-order valence-corrected chi connectivity index (χ1v) is 7.80. The van der Waals surface area contributed by atoms with Crippen LogP contribution in [0.3, 0.4) is 0 Å². The third-order valence-corrected chi connectivity index (χ3v) is 5.12. The number of ether oxygens (including phenoxy) is 1. The number of esters is 1. The molecule has 0 saturated carbocycles. The average molecular weight is 304 g/mol. The summed E-state index contributed by atoms with van der Waals surface area (Å²) in [7, 11) is 0. The number of carbonyl (C=O) groups is 1. The second-order valence-corrected chi connectivity index (χ2v) is 7.00. The maximum absolute atomic E-state index is 13.1. The van der Waals surface area contributed by atoms with Crippen molar-refractivity contribution in [3.8, 4) is 0 Å². The fourth-order valence-corrected chi connectivity index (χ4v) is 4.26. The van der Waals surface area contributed by atoms with E-state index >= 15 is 0 Å². The lowest BCUT2D eigenvalue weighted by molar-refractivity contribution is -0.147. The normalized spacial score (nSPS) is 24.1. The predicted molar refractivity (Wildman–Crippen MR) is 81.1 cm³/mol. The fraction of sp³-hybridized carbons (Fsp3) is 0.353. The molecule has 4 heteroatoms. The highest BCUT2D eigenvalue weighted by molar-refractivity contribution is 7.10. The SMILES string of the molecule is Cc1csc(C2C(c3ccc(F)cc3)C(=O)OC2(C)C)c1. The first-order chi connectivity index (χ1) is 9.88. The van der Waals surface area contributed by atoms with Crippen molar-refractivity contribution in [3.05, 3.63) is 57.5 Å². The quantitative estimate of drug-likeness (QED) is 0.769. The van der Waals surface area contributed by atoms with Gasteiger partial charge in [0.2, 0.25) is 0 Å². The molecule has 1 aromatic carbocycles. The monoisotopic (exact) mass is 304 g/mol. The molecule has 1 aliphatic heterocycles. The third kappa shape index (κ3) is 2.48. The molecule has 1 aromatic heterocycles. The molecule has 2 unspecified atom stereocenters. The topological polar surface area (TPSA) is 26.3 Å². The van der Waals surface area contributed by atoms with Crippen molar-refractivity contribution in [2.45, 2.75) is 38.2 Å². The van der Waals surface area contributed by atoms with Gasteiger partial charge >= 0.3 is 5.97 Å². The number of hydrogen-bond acceptors (Lipinski definition) is 3. The average Bonchev–Trinajstić information content (AvgIpc) is 2.91. The van der Waals surface area contributed by atoms with Gasteiger partial charge in [-0.15, -0.1) is 11.3 Å². The summed E-state index contributed by atoms with van der Waals surface area (Å²) in [4.78, 5) is 13.5. The van der Waals surface area contributed by atoms with Crippen LogP contribution in [0.15, 0.2) is 35.7 Å². The summed E-state index contributed by atoms with van der Waals surface area (Å²) in [5.74, 6) is -0.955. The largest absolute Gasteiger partial charge is 0.458 e. The molecule has 110 valence electrons. The van der Waals surface area contributed by atoms with Crippen LogP contribution >= 0.6 is 11.3 Å². The third-order valence-electron chi connectivity index (χ3n) is 3.99. The number of hydrogen-bond donors (Lipinski definition) is 0. The van der Waals surface area contributed by atoms with Crippen molar-refractivity contribution in [3.63, 3.8) is 0 Å². The number of carbonyl (C=O) groups excluding carboxylic acids is 1. The minimum atomic E-state index is -0.562. The van der Waals surface area contributed by atoms with Gasteiger partial charge < -0.3 is 4.74 Å². The number of halogens is 1. The zero-order valence-electron chi connectivity index (χ0n) is 12.2. The van der Waals surface area contributed by atoms with Crippen molar-refractivity contribution in [1.82, 2.24) is 0 Å². The summed E-state index contributed by atoms with van der Waals surface area (Å²) in [6.45, 7) is 5.92. The van der Waals surface area contributed by atoms with Crippen LogP contribution in [0, 0.1) is 12.7 Å². The van der Waals surface area contributed by atoms with Gasteiger partial charge in [0.25, 0.3) is 0 Å². The van der Waals surface area contributed by atoms with Crippen LogP contribution in [0.25, 0.3) is 0 Å².